The number of hydrogen-bond donors (Lipinski definition) is 2. The topological polar surface area (TPSA) is 66.4 Å². The Bertz CT molecular complexity index is 732. The van der Waals surface area contributed by atoms with Crippen LogP contribution in [-0.4, -0.2) is 17.0 Å². The zero-order valence-corrected chi connectivity index (χ0v) is 12.9. The fraction of sp³-hybridized carbons (Fsp3) is 0.375. The highest BCUT2D eigenvalue weighted by molar-refractivity contribution is 6.33. The molecule has 2 bridgehead atoms. The van der Waals surface area contributed by atoms with Crippen LogP contribution in [0.4, 0.5) is 18.9 Å². The number of benzene rings is 1. The van der Waals surface area contributed by atoms with Crippen LogP contribution < -0.4 is 5.32 Å². The highest BCUT2D eigenvalue weighted by atomic mass is 35.5. The molecule has 0 radical (unpaired) electrons. The van der Waals surface area contributed by atoms with Gasteiger partial charge in [-0.25, -0.2) is 0 Å². The standard InChI is InChI=1S/C16H13ClF3NO3/c17-10-4-3-9(16(18,19)20)6-11(10)21-14(22)12-7-1-2-8(5-7)13(12)15(23)24/h1-4,6-8,12-13H,5H2,(H,21,22)(H,23,24)/t7-,8-,12+,13+/m0/s1. The second-order valence-electron chi connectivity index (χ2n) is 6.02. The lowest BCUT2D eigenvalue weighted by Gasteiger charge is -2.24. The second kappa shape index (κ2) is 5.81. The van der Waals surface area contributed by atoms with Crippen molar-refractivity contribution in [2.45, 2.75) is 12.6 Å². The van der Waals surface area contributed by atoms with Crippen LogP contribution in [0.2, 0.25) is 5.02 Å². The van der Waals surface area contributed by atoms with Crippen molar-refractivity contribution in [1.82, 2.24) is 0 Å². The Morgan fingerprint density at radius 2 is 1.79 bits per heavy atom. The number of carbonyl (C=O) groups excluding carboxylic acids is 1. The van der Waals surface area contributed by atoms with Gasteiger partial charge in [-0.2, -0.15) is 13.2 Å². The number of halogens is 4. The van der Waals surface area contributed by atoms with Gasteiger partial charge in [-0.05, 0) is 36.5 Å². The number of alkyl halides is 3. The Balaban J connectivity index is 1.85. The molecule has 4 atom stereocenters. The summed E-state index contributed by atoms with van der Waals surface area (Å²) in [6, 6.07) is 2.62. The van der Waals surface area contributed by atoms with Gasteiger partial charge in [0, 0.05) is 0 Å². The third-order valence-electron chi connectivity index (χ3n) is 4.60. The molecular formula is C16H13ClF3NO3. The van der Waals surface area contributed by atoms with Crippen LogP contribution in [0.5, 0.6) is 0 Å². The highest BCUT2D eigenvalue weighted by Gasteiger charge is 2.51. The van der Waals surface area contributed by atoms with Crippen LogP contribution in [0.1, 0.15) is 12.0 Å². The van der Waals surface area contributed by atoms with E-state index in [9.17, 15) is 27.9 Å². The summed E-state index contributed by atoms with van der Waals surface area (Å²) < 4.78 is 38.4. The van der Waals surface area contributed by atoms with Gasteiger partial charge >= 0.3 is 12.1 Å². The van der Waals surface area contributed by atoms with Crippen LogP contribution in [0, 0.1) is 23.7 Å². The number of hydrogen-bond acceptors (Lipinski definition) is 2. The lowest BCUT2D eigenvalue weighted by atomic mass is 9.82. The van der Waals surface area contributed by atoms with Crippen molar-refractivity contribution in [2.24, 2.45) is 23.7 Å². The van der Waals surface area contributed by atoms with Crippen molar-refractivity contribution in [1.29, 1.82) is 0 Å². The molecule has 0 spiro atoms. The maximum absolute atomic E-state index is 12.8. The number of anilines is 1. The first-order valence-electron chi connectivity index (χ1n) is 7.27. The molecule has 0 unspecified atom stereocenters. The molecule has 2 N–H and O–H groups in total. The number of nitrogens with one attached hydrogen (secondary N) is 1. The molecule has 0 heterocycles. The van der Waals surface area contributed by atoms with Crippen molar-refractivity contribution in [3.05, 3.63) is 40.9 Å². The first kappa shape index (κ1) is 16.8. The summed E-state index contributed by atoms with van der Waals surface area (Å²) in [7, 11) is 0. The molecule has 1 aromatic carbocycles. The summed E-state index contributed by atoms with van der Waals surface area (Å²) in [6.07, 6.45) is -0.430. The molecule has 1 amide bonds. The second-order valence-corrected chi connectivity index (χ2v) is 6.43. The molecule has 128 valence electrons. The molecule has 0 aliphatic heterocycles. The average molecular weight is 360 g/mol. The molecule has 24 heavy (non-hydrogen) atoms. The number of rotatable bonds is 3. The zero-order valence-electron chi connectivity index (χ0n) is 12.2. The van der Waals surface area contributed by atoms with Crippen LogP contribution in [0.25, 0.3) is 0 Å². The molecule has 0 saturated heterocycles. The van der Waals surface area contributed by atoms with E-state index in [0.29, 0.717) is 6.42 Å². The van der Waals surface area contributed by atoms with E-state index in [-0.39, 0.29) is 22.5 Å². The Hall–Kier alpha value is -2.02. The molecule has 3 rings (SSSR count). The zero-order chi connectivity index (χ0) is 17.6. The SMILES string of the molecule is O=C(O)[C@H]1[C@H](C(=O)Nc2cc(C(F)(F)F)ccc2Cl)[C@H]2C=C[C@H]1C2. The van der Waals surface area contributed by atoms with Crippen LogP contribution >= 0.6 is 11.6 Å². The van der Waals surface area contributed by atoms with Gasteiger partial charge in [0.2, 0.25) is 5.91 Å². The van der Waals surface area contributed by atoms with E-state index in [0.717, 1.165) is 18.2 Å². The molecule has 8 heteroatoms. The van der Waals surface area contributed by atoms with Gasteiger partial charge in [-0.1, -0.05) is 23.8 Å². The maximum Gasteiger partial charge on any atom is 0.416 e. The summed E-state index contributed by atoms with van der Waals surface area (Å²) in [5.74, 6) is -3.84. The summed E-state index contributed by atoms with van der Waals surface area (Å²) in [6.45, 7) is 0. The molecule has 0 aromatic heterocycles. The van der Waals surface area contributed by atoms with E-state index in [1.807, 2.05) is 0 Å². The monoisotopic (exact) mass is 359 g/mol. The van der Waals surface area contributed by atoms with Crippen molar-refractivity contribution < 1.29 is 27.9 Å². The Labute approximate surface area is 140 Å². The molecule has 1 fully saturated rings. The smallest absolute Gasteiger partial charge is 0.416 e. The van der Waals surface area contributed by atoms with Crippen LogP contribution in [0.3, 0.4) is 0 Å². The first-order chi connectivity index (χ1) is 11.2. The minimum atomic E-state index is -4.57. The summed E-state index contributed by atoms with van der Waals surface area (Å²) in [5.41, 5.74) is -1.11. The maximum atomic E-state index is 12.8. The van der Waals surface area contributed by atoms with Gasteiger partial charge in [0.1, 0.15) is 0 Å². The van der Waals surface area contributed by atoms with Gasteiger partial charge in [0.05, 0.1) is 28.1 Å². The largest absolute Gasteiger partial charge is 0.481 e. The molecule has 2 aliphatic rings. The number of allylic oxidation sites excluding steroid dienone is 2. The summed E-state index contributed by atoms with van der Waals surface area (Å²) in [5, 5.41) is 11.7. The molecule has 1 saturated carbocycles. The number of carbonyl (C=O) groups is 2. The lowest BCUT2D eigenvalue weighted by molar-refractivity contribution is -0.146. The summed E-state index contributed by atoms with van der Waals surface area (Å²) >= 11 is 5.86. The Morgan fingerprint density at radius 3 is 2.38 bits per heavy atom. The van der Waals surface area contributed by atoms with E-state index in [4.69, 9.17) is 11.6 Å². The third kappa shape index (κ3) is 2.88. The lowest BCUT2D eigenvalue weighted by Crippen LogP contribution is -2.36. The minimum Gasteiger partial charge on any atom is -0.481 e. The number of amides is 1. The highest BCUT2D eigenvalue weighted by Crippen LogP contribution is 2.48. The van der Waals surface area contributed by atoms with Crippen molar-refractivity contribution in [3.8, 4) is 0 Å². The van der Waals surface area contributed by atoms with E-state index in [1.54, 1.807) is 12.2 Å². The van der Waals surface area contributed by atoms with Gasteiger partial charge in [0.25, 0.3) is 0 Å². The van der Waals surface area contributed by atoms with Gasteiger partial charge in [0.15, 0.2) is 0 Å². The average Bonchev–Trinajstić information content (AvgIpc) is 3.08. The Morgan fingerprint density at radius 1 is 1.17 bits per heavy atom. The van der Waals surface area contributed by atoms with Crippen molar-refractivity contribution in [2.75, 3.05) is 5.32 Å². The third-order valence-corrected chi connectivity index (χ3v) is 4.93. The van der Waals surface area contributed by atoms with Gasteiger partial charge in [-0.15, -0.1) is 0 Å². The fourth-order valence-corrected chi connectivity index (χ4v) is 3.69. The molecular weight excluding hydrogens is 347 g/mol. The van der Waals surface area contributed by atoms with Crippen molar-refractivity contribution >= 4 is 29.2 Å². The predicted octanol–water partition coefficient (Wildman–Crippen LogP) is 3.82. The van der Waals surface area contributed by atoms with Gasteiger partial charge in [-0.3, -0.25) is 9.59 Å². The van der Waals surface area contributed by atoms with E-state index in [2.05, 4.69) is 5.32 Å². The van der Waals surface area contributed by atoms with Gasteiger partial charge < -0.3 is 10.4 Å². The summed E-state index contributed by atoms with van der Waals surface area (Å²) in [4.78, 5) is 23.9. The number of carboxylic acid groups (broad SMARTS) is 1. The molecule has 1 aromatic rings. The van der Waals surface area contributed by atoms with E-state index in [1.165, 1.54) is 0 Å². The molecule has 2 aliphatic carbocycles. The Kier molecular flexibility index (Phi) is 4.07. The minimum absolute atomic E-state index is 0.0399. The number of fused-ring (bicyclic) bond motifs is 2. The number of aliphatic carboxylic acids is 1. The quantitative estimate of drug-likeness (QED) is 0.806. The molecule has 4 nitrogen and oxygen atoms in total. The van der Waals surface area contributed by atoms with Crippen molar-refractivity contribution in [3.63, 3.8) is 0 Å². The van der Waals surface area contributed by atoms with Crippen LogP contribution in [0.15, 0.2) is 30.4 Å². The number of carboxylic acids is 1. The predicted molar refractivity (Wildman–Crippen MR) is 80.4 cm³/mol. The van der Waals surface area contributed by atoms with E-state index >= 15 is 0 Å². The van der Waals surface area contributed by atoms with Crippen LogP contribution in [-0.2, 0) is 15.8 Å². The normalized spacial score (nSPS) is 28.2. The van der Waals surface area contributed by atoms with E-state index < -0.39 is 35.5 Å². The first-order valence-corrected chi connectivity index (χ1v) is 7.65. The fourth-order valence-electron chi connectivity index (χ4n) is 3.53.